The molecule has 1 aliphatic heterocycles. The van der Waals surface area contributed by atoms with E-state index in [-0.39, 0.29) is 5.82 Å². The second-order valence-corrected chi connectivity index (χ2v) is 4.27. The number of fused-ring (bicyclic) bond motifs is 1. The molecule has 0 aromatic carbocycles. The summed E-state index contributed by atoms with van der Waals surface area (Å²) in [5, 5.41) is 10.3. The highest BCUT2D eigenvalue weighted by molar-refractivity contribution is 5.20. The predicted molar refractivity (Wildman–Crippen MR) is 70.9 cm³/mol. The fourth-order valence-electron chi connectivity index (χ4n) is 1.15. The number of aromatic nitrogens is 2. The van der Waals surface area contributed by atoms with Gasteiger partial charge in [0.25, 0.3) is 0 Å². The first-order chi connectivity index (χ1) is 8.50. The average molecular weight is 257 g/mol. The molecule has 1 aromatic rings. The van der Waals surface area contributed by atoms with Gasteiger partial charge in [0, 0.05) is 11.5 Å². The third-order valence-electron chi connectivity index (χ3n) is 1.69. The zero-order valence-corrected chi connectivity index (χ0v) is 11.8. The van der Waals surface area contributed by atoms with E-state index in [0.29, 0.717) is 12.6 Å². The van der Waals surface area contributed by atoms with Gasteiger partial charge >= 0.3 is 11.8 Å². The Morgan fingerprint density at radius 2 is 2.00 bits per heavy atom. The summed E-state index contributed by atoms with van der Waals surface area (Å²) in [4.78, 5) is 13.5. The normalized spacial score (nSPS) is 12.3. The van der Waals surface area contributed by atoms with E-state index in [4.69, 9.17) is 4.74 Å². The molecule has 0 spiro atoms. The Balaban J connectivity index is 0.000000415. The first kappa shape index (κ1) is 16.4. The van der Waals surface area contributed by atoms with Crippen LogP contribution in [-0.2, 0) is 6.54 Å². The summed E-state index contributed by atoms with van der Waals surface area (Å²) in [6, 6.07) is 0.355. The summed E-state index contributed by atoms with van der Waals surface area (Å²) in [5.41, 5.74) is 0. The summed E-state index contributed by atoms with van der Waals surface area (Å²) in [7, 11) is 0. The minimum atomic E-state index is -0.519. The zero-order chi connectivity index (χ0) is 14.1. The van der Waals surface area contributed by atoms with Gasteiger partial charge in [0.2, 0.25) is 0 Å². The van der Waals surface area contributed by atoms with Gasteiger partial charge in [-0.05, 0) is 17.3 Å². The average Bonchev–Trinajstić information content (AvgIpc) is 2.74. The maximum atomic E-state index is 10.3. The zero-order valence-electron chi connectivity index (χ0n) is 11.8. The molecule has 1 aliphatic rings. The molecule has 2 rings (SSSR count). The third kappa shape index (κ3) is 5.65. The van der Waals surface area contributed by atoms with Gasteiger partial charge < -0.3 is 14.9 Å². The van der Waals surface area contributed by atoms with Crippen LogP contribution in [0.2, 0.25) is 0 Å². The maximum absolute atomic E-state index is 10.3. The Morgan fingerprint density at radius 1 is 1.44 bits per heavy atom. The van der Waals surface area contributed by atoms with Crippen LogP contribution in [0.5, 0.6) is 6.01 Å². The van der Waals surface area contributed by atoms with Crippen LogP contribution < -0.4 is 4.74 Å². The van der Waals surface area contributed by atoms with Gasteiger partial charge in [-0.1, -0.05) is 34.6 Å². The highest BCUT2D eigenvalue weighted by Gasteiger charge is 2.22. The van der Waals surface area contributed by atoms with Crippen molar-refractivity contribution in [2.45, 2.75) is 47.6 Å². The maximum Gasteiger partial charge on any atom is 0.414 e. The second kappa shape index (κ2) is 8.49. The van der Waals surface area contributed by atoms with Gasteiger partial charge in [-0.3, -0.25) is 4.57 Å². The van der Waals surface area contributed by atoms with Crippen LogP contribution >= 0.6 is 0 Å². The number of hydrogen-bond donors (Lipinski definition) is 0. The van der Waals surface area contributed by atoms with E-state index in [0.717, 1.165) is 18.9 Å². The van der Waals surface area contributed by atoms with Gasteiger partial charge in [-0.2, -0.15) is 0 Å². The monoisotopic (exact) mass is 257 g/mol. The van der Waals surface area contributed by atoms with E-state index in [1.165, 1.54) is 6.20 Å². The molecule has 0 atom stereocenters. The van der Waals surface area contributed by atoms with E-state index >= 15 is 0 Å². The summed E-state index contributed by atoms with van der Waals surface area (Å²) in [5.74, 6) is 0.687. The van der Waals surface area contributed by atoms with Crippen molar-refractivity contribution in [3.8, 4) is 6.01 Å². The summed E-state index contributed by atoms with van der Waals surface area (Å²) in [6.07, 6.45) is 2.27. The highest BCUT2D eigenvalue weighted by atomic mass is 16.6. The van der Waals surface area contributed by atoms with Crippen LogP contribution in [0.1, 0.15) is 41.0 Å². The molecule has 0 fully saturated rings. The van der Waals surface area contributed by atoms with Crippen molar-refractivity contribution >= 4 is 5.82 Å². The number of imidazole rings is 1. The Kier molecular flexibility index (Phi) is 7.74. The van der Waals surface area contributed by atoms with Crippen LogP contribution in [0.15, 0.2) is 6.20 Å². The van der Waals surface area contributed by atoms with Gasteiger partial charge in [-0.25, -0.2) is 0 Å². The van der Waals surface area contributed by atoms with E-state index in [9.17, 15) is 10.1 Å². The van der Waals surface area contributed by atoms with E-state index in [2.05, 4.69) is 25.8 Å². The molecule has 0 N–H and O–H groups in total. The van der Waals surface area contributed by atoms with Crippen LogP contribution in [-0.4, -0.2) is 21.1 Å². The minimum absolute atomic E-state index is 0.146. The molecule has 18 heavy (non-hydrogen) atoms. The highest BCUT2D eigenvalue weighted by Crippen LogP contribution is 2.20. The minimum Gasteiger partial charge on any atom is -0.446 e. The smallest absolute Gasteiger partial charge is 0.414 e. The Labute approximate surface area is 108 Å². The van der Waals surface area contributed by atoms with Crippen molar-refractivity contribution in [2.24, 2.45) is 5.92 Å². The topological polar surface area (TPSA) is 70.2 Å². The molecule has 0 saturated heterocycles. The Morgan fingerprint density at radius 3 is 2.44 bits per heavy atom. The van der Waals surface area contributed by atoms with Crippen molar-refractivity contribution in [3.63, 3.8) is 0 Å². The molecule has 0 amide bonds. The molecule has 6 nitrogen and oxygen atoms in total. The first-order valence-electron chi connectivity index (χ1n) is 6.35. The number of hydrogen-bond acceptors (Lipinski definition) is 4. The van der Waals surface area contributed by atoms with E-state index in [1.54, 1.807) is 4.57 Å². The lowest BCUT2D eigenvalue weighted by atomic mass is 10.3. The Bertz CT molecular complexity index is 335. The molecule has 0 bridgehead atoms. The van der Waals surface area contributed by atoms with Gasteiger partial charge in [0.1, 0.15) is 6.20 Å². The SMILES string of the molecule is CC.CC(C)C.O=[N+]([O-])c1cn2c(n1)OCCC2. The molecule has 1 aromatic heterocycles. The lowest BCUT2D eigenvalue weighted by Gasteiger charge is -2.09. The second-order valence-electron chi connectivity index (χ2n) is 4.27. The van der Waals surface area contributed by atoms with Crippen LogP contribution in [0, 0.1) is 16.0 Å². The van der Waals surface area contributed by atoms with E-state index in [1.807, 2.05) is 13.8 Å². The number of nitrogens with zero attached hydrogens (tertiary/aromatic N) is 3. The molecule has 104 valence electrons. The number of rotatable bonds is 1. The fraction of sp³-hybridized carbons (Fsp3) is 0.750. The molecule has 0 unspecified atom stereocenters. The lowest BCUT2D eigenvalue weighted by molar-refractivity contribution is -0.389. The predicted octanol–water partition coefficient (Wildman–Crippen LogP) is 3.26. The number of ether oxygens (including phenoxy) is 1. The molecule has 6 heteroatoms. The van der Waals surface area contributed by atoms with Crippen LogP contribution in [0.4, 0.5) is 5.82 Å². The quantitative estimate of drug-likeness (QED) is 0.572. The largest absolute Gasteiger partial charge is 0.446 e. The standard InChI is InChI=1S/C6H7N3O3.C4H10.C2H6/c10-9(11)5-4-8-2-1-3-12-6(8)7-5;1-4(2)3;1-2/h4H,1-3H2;4H,1-3H3;1-2H3. The van der Waals surface area contributed by atoms with Crippen molar-refractivity contribution in [2.75, 3.05) is 6.61 Å². The lowest BCUT2D eigenvalue weighted by Crippen LogP contribution is -2.13. The van der Waals surface area contributed by atoms with Crippen LogP contribution in [0.25, 0.3) is 0 Å². The molecular formula is C12H23N3O3. The fourth-order valence-corrected chi connectivity index (χ4v) is 1.15. The van der Waals surface area contributed by atoms with Crippen molar-refractivity contribution < 1.29 is 9.66 Å². The summed E-state index contributed by atoms with van der Waals surface area (Å²) in [6.45, 7) is 11.8. The molecule has 0 radical (unpaired) electrons. The summed E-state index contributed by atoms with van der Waals surface area (Å²) < 4.78 is 6.76. The van der Waals surface area contributed by atoms with Gasteiger partial charge in [-0.15, -0.1) is 0 Å². The third-order valence-corrected chi connectivity index (χ3v) is 1.69. The van der Waals surface area contributed by atoms with Gasteiger partial charge in [0.15, 0.2) is 0 Å². The summed E-state index contributed by atoms with van der Waals surface area (Å²) >= 11 is 0. The van der Waals surface area contributed by atoms with Crippen molar-refractivity contribution in [3.05, 3.63) is 16.3 Å². The van der Waals surface area contributed by atoms with Gasteiger partial charge in [0.05, 0.1) is 6.61 Å². The Hall–Kier alpha value is -1.59. The molecule has 0 saturated carbocycles. The van der Waals surface area contributed by atoms with Crippen molar-refractivity contribution in [1.29, 1.82) is 0 Å². The molecule has 0 aliphatic carbocycles. The number of nitro groups is 1. The number of aryl methyl sites for hydroxylation is 1. The van der Waals surface area contributed by atoms with Crippen LogP contribution in [0.3, 0.4) is 0 Å². The molecular weight excluding hydrogens is 234 g/mol. The first-order valence-corrected chi connectivity index (χ1v) is 6.35. The molecule has 2 heterocycles. The van der Waals surface area contributed by atoms with Crippen molar-refractivity contribution in [1.82, 2.24) is 9.55 Å². The van der Waals surface area contributed by atoms with E-state index < -0.39 is 4.92 Å².